The second-order valence-corrected chi connectivity index (χ2v) is 10.2. The van der Waals surface area contributed by atoms with Crippen molar-refractivity contribution < 1.29 is 13.2 Å². The molecule has 23 heavy (non-hydrogen) atoms. The summed E-state index contributed by atoms with van der Waals surface area (Å²) in [6.07, 6.45) is 3.62. The first-order chi connectivity index (χ1) is 10.8. The average Bonchev–Trinajstić information content (AvgIpc) is 3.23. The molecular weight excluding hydrogens is 398 g/mol. The molecule has 0 radical (unpaired) electrons. The van der Waals surface area contributed by atoms with Crippen LogP contribution in [0.15, 0.2) is 33.6 Å². The van der Waals surface area contributed by atoms with Crippen molar-refractivity contribution in [3.63, 3.8) is 0 Å². The molecule has 0 spiro atoms. The lowest BCUT2D eigenvalue weighted by Gasteiger charge is -2.29. The molecule has 1 aliphatic carbocycles. The van der Waals surface area contributed by atoms with E-state index in [1.54, 1.807) is 16.7 Å². The summed E-state index contributed by atoms with van der Waals surface area (Å²) in [6, 6.07) is 7.91. The van der Waals surface area contributed by atoms with Gasteiger partial charge in [-0.1, -0.05) is 12.1 Å². The first-order valence-electron chi connectivity index (χ1n) is 7.64. The summed E-state index contributed by atoms with van der Waals surface area (Å²) in [5.41, 5.74) is 0. The first-order valence-corrected chi connectivity index (χ1v) is 11.5. The van der Waals surface area contributed by atoms with Gasteiger partial charge in [0, 0.05) is 39.9 Å². The van der Waals surface area contributed by atoms with E-state index in [0.29, 0.717) is 12.2 Å². The second kappa shape index (κ2) is 8.03. The fraction of sp³-hybridized carbons (Fsp3) is 0.562. The Morgan fingerprint density at radius 2 is 2.04 bits per heavy atom. The third-order valence-corrected chi connectivity index (χ3v) is 6.77. The van der Waals surface area contributed by atoms with E-state index in [1.807, 2.05) is 31.2 Å². The summed E-state index contributed by atoms with van der Waals surface area (Å²) in [4.78, 5) is 15.4. The van der Waals surface area contributed by atoms with Gasteiger partial charge in [-0.2, -0.15) is 0 Å². The minimum Gasteiger partial charge on any atom is -0.336 e. The van der Waals surface area contributed by atoms with Crippen LogP contribution in [0.1, 0.15) is 26.2 Å². The van der Waals surface area contributed by atoms with Crippen molar-refractivity contribution in [3.8, 4) is 0 Å². The molecule has 1 aliphatic rings. The summed E-state index contributed by atoms with van der Waals surface area (Å²) in [6.45, 7) is 1.83. The Morgan fingerprint density at radius 1 is 1.39 bits per heavy atom. The molecule has 0 aromatic heterocycles. The number of carbonyl (C=O) groups is 1. The standard InChI is InChI=1S/C16H22BrNO3S2/c1-12(11-23(2,20)21)18(13-7-8-13)16(19)9-10-22-15-6-4-3-5-14(15)17/h3-6,12-13H,7-11H2,1-2H3/t12-/m1/s1. The van der Waals surface area contributed by atoms with Crippen LogP contribution in [0.5, 0.6) is 0 Å². The van der Waals surface area contributed by atoms with Gasteiger partial charge in [-0.25, -0.2) is 8.42 Å². The summed E-state index contributed by atoms with van der Waals surface area (Å²) < 4.78 is 24.0. The first kappa shape index (κ1) is 18.8. The summed E-state index contributed by atoms with van der Waals surface area (Å²) in [5.74, 6) is 0.784. The molecule has 0 unspecified atom stereocenters. The van der Waals surface area contributed by atoms with Crippen LogP contribution >= 0.6 is 27.7 Å². The minimum absolute atomic E-state index is 0.0343. The van der Waals surface area contributed by atoms with E-state index >= 15 is 0 Å². The van der Waals surface area contributed by atoms with E-state index in [2.05, 4.69) is 15.9 Å². The SMILES string of the molecule is C[C@H](CS(C)(=O)=O)N(C(=O)CCSc1ccccc1Br)C1CC1. The predicted molar refractivity (Wildman–Crippen MR) is 98.5 cm³/mol. The Kier molecular flexibility index (Phi) is 6.57. The van der Waals surface area contributed by atoms with Crippen LogP contribution in [0, 0.1) is 0 Å². The van der Waals surface area contributed by atoms with Gasteiger partial charge >= 0.3 is 0 Å². The molecule has 1 aromatic carbocycles. The van der Waals surface area contributed by atoms with Crippen molar-refractivity contribution >= 4 is 43.4 Å². The minimum atomic E-state index is -3.08. The van der Waals surface area contributed by atoms with Gasteiger partial charge in [0.1, 0.15) is 9.84 Å². The van der Waals surface area contributed by atoms with Crippen LogP contribution in [0.3, 0.4) is 0 Å². The highest BCUT2D eigenvalue weighted by molar-refractivity contribution is 9.10. The van der Waals surface area contributed by atoms with Gasteiger partial charge in [0.25, 0.3) is 0 Å². The van der Waals surface area contributed by atoms with Gasteiger partial charge < -0.3 is 4.90 Å². The lowest BCUT2D eigenvalue weighted by molar-refractivity contribution is -0.132. The fourth-order valence-corrected chi connectivity index (χ4v) is 5.16. The Labute approximate surface area is 151 Å². The number of amides is 1. The number of halogens is 1. The predicted octanol–water partition coefficient (Wildman–Crippen LogP) is 3.36. The zero-order valence-electron chi connectivity index (χ0n) is 13.4. The molecule has 0 saturated heterocycles. The maximum atomic E-state index is 12.5. The van der Waals surface area contributed by atoms with Gasteiger partial charge in [0.2, 0.25) is 5.91 Å². The summed E-state index contributed by atoms with van der Waals surface area (Å²) >= 11 is 5.14. The Balaban J connectivity index is 1.90. The molecule has 1 saturated carbocycles. The molecule has 2 rings (SSSR count). The third kappa shape index (κ3) is 6.12. The van der Waals surface area contributed by atoms with Crippen molar-refractivity contribution in [2.45, 2.75) is 43.2 Å². The quantitative estimate of drug-likeness (QED) is 0.606. The number of rotatable bonds is 8. The lowest BCUT2D eigenvalue weighted by atomic mass is 10.2. The third-order valence-electron chi connectivity index (χ3n) is 3.66. The molecule has 1 aromatic rings. The van der Waals surface area contributed by atoms with Gasteiger partial charge in [-0.15, -0.1) is 11.8 Å². The summed E-state index contributed by atoms with van der Waals surface area (Å²) in [5, 5.41) is 0. The zero-order chi connectivity index (χ0) is 17.0. The van der Waals surface area contributed by atoms with Crippen molar-refractivity contribution in [1.29, 1.82) is 0 Å². The highest BCUT2D eigenvalue weighted by Gasteiger charge is 2.36. The molecule has 7 heteroatoms. The molecular formula is C16H22BrNO3S2. The molecule has 0 heterocycles. The molecule has 1 atom stereocenters. The van der Waals surface area contributed by atoms with Crippen molar-refractivity contribution in [2.24, 2.45) is 0 Å². The molecule has 0 N–H and O–H groups in total. The zero-order valence-corrected chi connectivity index (χ0v) is 16.6. The number of nitrogens with zero attached hydrogens (tertiary/aromatic N) is 1. The van der Waals surface area contributed by atoms with E-state index in [1.165, 1.54) is 6.26 Å². The van der Waals surface area contributed by atoms with Gasteiger partial charge in [0.15, 0.2) is 0 Å². The van der Waals surface area contributed by atoms with Crippen molar-refractivity contribution in [2.75, 3.05) is 17.8 Å². The Bertz CT molecular complexity index is 659. The van der Waals surface area contributed by atoms with E-state index in [0.717, 1.165) is 22.2 Å². The number of sulfone groups is 1. The van der Waals surface area contributed by atoms with Crippen LogP contribution in [-0.2, 0) is 14.6 Å². The monoisotopic (exact) mass is 419 g/mol. The van der Waals surface area contributed by atoms with E-state index in [9.17, 15) is 13.2 Å². The van der Waals surface area contributed by atoms with Gasteiger partial charge in [-0.05, 0) is 47.8 Å². The van der Waals surface area contributed by atoms with Crippen LogP contribution < -0.4 is 0 Å². The molecule has 128 valence electrons. The number of hydrogen-bond donors (Lipinski definition) is 0. The smallest absolute Gasteiger partial charge is 0.223 e. The lowest BCUT2D eigenvalue weighted by Crippen LogP contribution is -2.43. The maximum Gasteiger partial charge on any atom is 0.223 e. The van der Waals surface area contributed by atoms with Crippen molar-refractivity contribution in [3.05, 3.63) is 28.7 Å². The van der Waals surface area contributed by atoms with Crippen LogP contribution in [0.2, 0.25) is 0 Å². The number of benzene rings is 1. The van der Waals surface area contributed by atoms with E-state index in [-0.39, 0.29) is 23.7 Å². The molecule has 4 nitrogen and oxygen atoms in total. The highest BCUT2D eigenvalue weighted by Crippen LogP contribution is 2.31. The van der Waals surface area contributed by atoms with E-state index in [4.69, 9.17) is 0 Å². The van der Waals surface area contributed by atoms with Crippen LogP contribution in [0.4, 0.5) is 0 Å². The van der Waals surface area contributed by atoms with Crippen LogP contribution in [0.25, 0.3) is 0 Å². The van der Waals surface area contributed by atoms with Gasteiger partial charge in [0.05, 0.1) is 5.75 Å². The van der Waals surface area contributed by atoms with Crippen LogP contribution in [-0.4, -0.2) is 49.1 Å². The fourth-order valence-electron chi connectivity index (χ4n) is 2.62. The second-order valence-electron chi connectivity index (χ2n) is 6.00. The summed E-state index contributed by atoms with van der Waals surface area (Å²) in [7, 11) is -3.08. The average molecular weight is 420 g/mol. The largest absolute Gasteiger partial charge is 0.336 e. The Morgan fingerprint density at radius 3 is 2.61 bits per heavy atom. The molecule has 0 aliphatic heterocycles. The molecule has 1 fully saturated rings. The van der Waals surface area contributed by atoms with Gasteiger partial charge in [-0.3, -0.25) is 4.79 Å². The van der Waals surface area contributed by atoms with Crippen molar-refractivity contribution in [1.82, 2.24) is 4.90 Å². The van der Waals surface area contributed by atoms with E-state index < -0.39 is 9.84 Å². The normalized spacial score (nSPS) is 16.1. The molecule has 1 amide bonds. The number of carbonyl (C=O) groups excluding carboxylic acids is 1. The molecule has 0 bridgehead atoms. The number of hydrogen-bond acceptors (Lipinski definition) is 4. The maximum absolute atomic E-state index is 12.5. The topological polar surface area (TPSA) is 54.5 Å². The number of thioether (sulfide) groups is 1. The highest BCUT2D eigenvalue weighted by atomic mass is 79.9. The Hall–Kier alpha value is -0.530.